The van der Waals surface area contributed by atoms with Crippen LogP contribution >= 0.6 is 0 Å². The van der Waals surface area contributed by atoms with Crippen LogP contribution in [-0.4, -0.2) is 48.1 Å². The number of aromatic nitrogens is 2. The molecule has 0 amide bonds. The molecule has 0 bridgehead atoms. The van der Waals surface area contributed by atoms with Crippen molar-refractivity contribution in [3.8, 4) is 0 Å². The average Bonchev–Trinajstić information content (AvgIpc) is 2.37. The molecule has 112 valence electrons. The van der Waals surface area contributed by atoms with Crippen molar-refractivity contribution in [3.63, 3.8) is 0 Å². The van der Waals surface area contributed by atoms with Gasteiger partial charge in [0, 0.05) is 37.3 Å². The van der Waals surface area contributed by atoms with Crippen molar-refractivity contribution in [2.24, 2.45) is 0 Å². The third kappa shape index (κ3) is 3.89. The number of hydrogen-bond acceptors (Lipinski definition) is 5. The Bertz CT molecular complexity index is 574. The van der Waals surface area contributed by atoms with E-state index < -0.39 is 10.0 Å². The van der Waals surface area contributed by atoms with E-state index in [9.17, 15) is 8.42 Å². The second kappa shape index (κ2) is 6.05. The van der Waals surface area contributed by atoms with Crippen molar-refractivity contribution in [2.75, 3.05) is 24.7 Å². The summed E-state index contributed by atoms with van der Waals surface area (Å²) in [5.41, 5.74) is 0.926. The Hall–Kier alpha value is -1.21. The van der Waals surface area contributed by atoms with E-state index in [1.807, 2.05) is 19.9 Å². The van der Waals surface area contributed by atoms with Crippen molar-refractivity contribution in [2.45, 2.75) is 39.2 Å². The Morgan fingerprint density at radius 3 is 2.85 bits per heavy atom. The molecular formula is C13H22N4O2S. The maximum absolute atomic E-state index is 11.6. The van der Waals surface area contributed by atoms with Gasteiger partial charge in [-0.3, -0.25) is 0 Å². The Kier molecular flexibility index (Phi) is 4.59. The molecule has 1 aliphatic heterocycles. The van der Waals surface area contributed by atoms with E-state index in [-0.39, 0.29) is 6.04 Å². The van der Waals surface area contributed by atoms with Gasteiger partial charge in [-0.2, -0.15) is 0 Å². The van der Waals surface area contributed by atoms with Gasteiger partial charge in [0.1, 0.15) is 11.6 Å². The first-order valence-electron chi connectivity index (χ1n) is 6.94. The van der Waals surface area contributed by atoms with Gasteiger partial charge in [0.15, 0.2) is 0 Å². The Labute approximate surface area is 120 Å². The first-order chi connectivity index (χ1) is 9.38. The first kappa shape index (κ1) is 15.2. The summed E-state index contributed by atoms with van der Waals surface area (Å²) in [7, 11) is -3.11. The second-order valence-electron chi connectivity index (χ2n) is 5.27. The first-order valence-corrected chi connectivity index (χ1v) is 8.79. The lowest BCUT2D eigenvalue weighted by atomic mass is 10.1. The number of nitrogens with zero attached hydrogens (tertiary/aromatic N) is 3. The molecule has 20 heavy (non-hydrogen) atoms. The molecule has 2 heterocycles. The fourth-order valence-electron chi connectivity index (χ4n) is 2.43. The molecule has 1 aliphatic rings. The van der Waals surface area contributed by atoms with Crippen LogP contribution in [0.2, 0.25) is 0 Å². The van der Waals surface area contributed by atoms with E-state index in [1.165, 1.54) is 10.6 Å². The number of piperidine rings is 1. The third-order valence-corrected chi connectivity index (χ3v) is 4.69. The van der Waals surface area contributed by atoms with Crippen molar-refractivity contribution in [1.29, 1.82) is 0 Å². The number of aryl methyl sites for hydroxylation is 2. The molecule has 6 nitrogen and oxygen atoms in total. The Morgan fingerprint density at radius 2 is 2.20 bits per heavy atom. The van der Waals surface area contributed by atoms with Crippen LogP contribution in [0.4, 0.5) is 5.82 Å². The molecule has 1 N–H and O–H groups in total. The average molecular weight is 298 g/mol. The smallest absolute Gasteiger partial charge is 0.211 e. The Balaban J connectivity index is 2.08. The molecule has 1 atom stereocenters. The second-order valence-corrected chi connectivity index (χ2v) is 7.25. The summed E-state index contributed by atoms with van der Waals surface area (Å²) in [6.07, 6.45) is 3.88. The quantitative estimate of drug-likeness (QED) is 0.903. The number of nitrogens with one attached hydrogen (secondary N) is 1. The van der Waals surface area contributed by atoms with Crippen LogP contribution in [0.1, 0.15) is 31.3 Å². The van der Waals surface area contributed by atoms with Crippen molar-refractivity contribution >= 4 is 15.8 Å². The summed E-state index contributed by atoms with van der Waals surface area (Å²) in [5, 5.41) is 3.34. The highest BCUT2D eigenvalue weighted by Crippen LogP contribution is 2.17. The number of sulfonamides is 1. The van der Waals surface area contributed by atoms with Gasteiger partial charge in [0.2, 0.25) is 10.0 Å². The highest BCUT2D eigenvalue weighted by molar-refractivity contribution is 7.88. The summed E-state index contributed by atoms with van der Waals surface area (Å²) >= 11 is 0. The maximum atomic E-state index is 11.6. The molecule has 1 saturated heterocycles. The molecule has 0 radical (unpaired) electrons. The summed E-state index contributed by atoms with van der Waals surface area (Å²) in [6, 6.07) is 2.01. The van der Waals surface area contributed by atoms with E-state index in [1.54, 1.807) is 0 Å². The molecule has 7 heteroatoms. The largest absolute Gasteiger partial charge is 0.366 e. The van der Waals surface area contributed by atoms with Gasteiger partial charge in [-0.1, -0.05) is 6.92 Å². The minimum atomic E-state index is -3.11. The highest BCUT2D eigenvalue weighted by Gasteiger charge is 2.26. The molecule has 1 unspecified atom stereocenters. The van der Waals surface area contributed by atoms with Crippen LogP contribution in [0.25, 0.3) is 0 Å². The fourth-order valence-corrected chi connectivity index (χ4v) is 3.34. The van der Waals surface area contributed by atoms with Gasteiger partial charge >= 0.3 is 0 Å². The molecule has 0 saturated carbocycles. The van der Waals surface area contributed by atoms with Crippen LogP contribution in [-0.2, 0) is 16.4 Å². The normalized spacial score (nSPS) is 20.9. The molecule has 0 aromatic carbocycles. The standard InChI is InChI=1S/C13H22N4O2S/c1-4-12-14-10(2)8-13(16-12)15-11-6-5-7-17(9-11)20(3,18)19/h8,11H,4-7,9H2,1-3H3,(H,14,15,16). The lowest BCUT2D eigenvalue weighted by molar-refractivity contribution is 0.329. The van der Waals surface area contributed by atoms with Crippen LogP contribution in [0.5, 0.6) is 0 Å². The Morgan fingerprint density at radius 1 is 1.45 bits per heavy atom. The molecule has 0 spiro atoms. The molecular weight excluding hydrogens is 276 g/mol. The zero-order chi connectivity index (χ0) is 14.8. The number of anilines is 1. The fraction of sp³-hybridized carbons (Fsp3) is 0.692. The van der Waals surface area contributed by atoms with Gasteiger partial charge in [0.25, 0.3) is 0 Å². The molecule has 2 rings (SSSR count). The van der Waals surface area contributed by atoms with Crippen molar-refractivity contribution in [3.05, 3.63) is 17.6 Å². The van der Waals surface area contributed by atoms with Gasteiger partial charge in [-0.15, -0.1) is 0 Å². The number of hydrogen-bond donors (Lipinski definition) is 1. The lowest BCUT2D eigenvalue weighted by Gasteiger charge is -2.31. The summed E-state index contributed by atoms with van der Waals surface area (Å²) < 4.78 is 24.8. The third-order valence-electron chi connectivity index (χ3n) is 3.42. The number of rotatable bonds is 4. The summed E-state index contributed by atoms with van der Waals surface area (Å²) in [4.78, 5) is 8.79. The maximum Gasteiger partial charge on any atom is 0.211 e. The summed E-state index contributed by atoms with van der Waals surface area (Å²) in [5.74, 6) is 1.60. The molecule has 1 aromatic rings. The van der Waals surface area contributed by atoms with Crippen LogP contribution < -0.4 is 5.32 Å². The van der Waals surface area contributed by atoms with E-state index in [4.69, 9.17) is 0 Å². The predicted molar refractivity (Wildman–Crippen MR) is 79.2 cm³/mol. The van der Waals surface area contributed by atoms with Crippen molar-refractivity contribution < 1.29 is 8.42 Å². The minimum absolute atomic E-state index is 0.109. The topological polar surface area (TPSA) is 75.2 Å². The minimum Gasteiger partial charge on any atom is -0.366 e. The van der Waals surface area contributed by atoms with E-state index in [0.717, 1.165) is 36.6 Å². The zero-order valence-electron chi connectivity index (χ0n) is 12.3. The van der Waals surface area contributed by atoms with Crippen LogP contribution in [0.3, 0.4) is 0 Å². The van der Waals surface area contributed by atoms with Gasteiger partial charge in [-0.05, 0) is 19.8 Å². The molecule has 1 aromatic heterocycles. The molecule has 0 aliphatic carbocycles. The summed E-state index contributed by atoms with van der Waals surface area (Å²) in [6.45, 7) is 5.07. The van der Waals surface area contributed by atoms with E-state index in [2.05, 4.69) is 15.3 Å². The van der Waals surface area contributed by atoms with Crippen LogP contribution in [0.15, 0.2) is 6.07 Å². The van der Waals surface area contributed by atoms with Gasteiger partial charge in [0.05, 0.1) is 6.26 Å². The zero-order valence-corrected chi connectivity index (χ0v) is 13.1. The van der Waals surface area contributed by atoms with Crippen LogP contribution in [0, 0.1) is 6.92 Å². The molecule has 1 fully saturated rings. The van der Waals surface area contributed by atoms with Crippen molar-refractivity contribution in [1.82, 2.24) is 14.3 Å². The van der Waals surface area contributed by atoms with Gasteiger partial charge in [-0.25, -0.2) is 22.7 Å². The van der Waals surface area contributed by atoms with E-state index >= 15 is 0 Å². The SMILES string of the molecule is CCc1nc(C)cc(NC2CCCN(S(C)(=O)=O)C2)n1. The highest BCUT2D eigenvalue weighted by atomic mass is 32.2. The van der Waals surface area contributed by atoms with E-state index in [0.29, 0.717) is 13.1 Å². The lowest BCUT2D eigenvalue weighted by Crippen LogP contribution is -2.44. The predicted octanol–water partition coefficient (Wildman–Crippen LogP) is 1.18. The monoisotopic (exact) mass is 298 g/mol. The van der Waals surface area contributed by atoms with Gasteiger partial charge < -0.3 is 5.32 Å².